The minimum atomic E-state index is -2.98. The van der Waals surface area contributed by atoms with Crippen molar-refractivity contribution in [3.05, 3.63) is 40.5 Å². The molecule has 0 radical (unpaired) electrons. The van der Waals surface area contributed by atoms with Crippen molar-refractivity contribution in [3.63, 3.8) is 0 Å². The summed E-state index contributed by atoms with van der Waals surface area (Å²) < 4.78 is 25.7. The molecule has 0 amide bonds. The lowest BCUT2D eigenvalue weighted by Gasteiger charge is -2.07. The van der Waals surface area contributed by atoms with Crippen LogP contribution in [-0.4, -0.2) is 36.0 Å². The highest BCUT2D eigenvalue weighted by Gasteiger charge is 2.30. The van der Waals surface area contributed by atoms with E-state index in [0.717, 1.165) is 16.3 Å². The first-order valence-corrected chi connectivity index (χ1v) is 9.10. The molecule has 2 aromatic rings. The normalized spacial score (nSPS) is 20.5. The third kappa shape index (κ3) is 2.94. The molecule has 5 nitrogen and oxygen atoms in total. The first-order valence-electron chi connectivity index (χ1n) is 6.49. The van der Waals surface area contributed by atoms with Gasteiger partial charge < -0.3 is 0 Å². The average molecular weight is 369 g/mol. The Hall–Kier alpha value is -1.47. The van der Waals surface area contributed by atoms with E-state index in [1.165, 1.54) is 0 Å². The standard InChI is InChI=1S/C14H13BrN2O3S/c15-12-3-1-2-10(6-12)14-11(8-18)7-17(16-14)13-4-5-21(19,20)9-13/h1-3,6-8,13H,4-5,9H2. The van der Waals surface area contributed by atoms with Crippen molar-refractivity contribution < 1.29 is 13.2 Å². The van der Waals surface area contributed by atoms with Crippen molar-refractivity contribution in [2.45, 2.75) is 12.5 Å². The minimum Gasteiger partial charge on any atom is -0.298 e. The number of rotatable bonds is 3. The highest BCUT2D eigenvalue weighted by molar-refractivity contribution is 9.10. The molecule has 3 rings (SSSR count). The van der Waals surface area contributed by atoms with E-state index < -0.39 is 9.84 Å². The number of aromatic nitrogens is 2. The lowest BCUT2D eigenvalue weighted by molar-refractivity contribution is 0.112. The average Bonchev–Trinajstić information content (AvgIpc) is 3.01. The lowest BCUT2D eigenvalue weighted by atomic mass is 10.1. The van der Waals surface area contributed by atoms with Gasteiger partial charge in [-0.05, 0) is 18.6 Å². The zero-order chi connectivity index (χ0) is 15.0. The molecule has 1 unspecified atom stereocenters. The Kier molecular flexibility index (Phi) is 3.71. The van der Waals surface area contributed by atoms with Crippen molar-refractivity contribution >= 4 is 32.1 Å². The molecule has 2 heterocycles. The molecule has 1 aromatic heterocycles. The third-order valence-corrected chi connectivity index (χ3v) is 5.81. The second kappa shape index (κ2) is 5.38. The summed E-state index contributed by atoms with van der Waals surface area (Å²) in [6, 6.07) is 7.33. The fourth-order valence-corrected chi connectivity index (χ4v) is 4.63. The molecule has 1 saturated heterocycles. The molecule has 0 spiro atoms. The fourth-order valence-electron chi connectivity index (χ4n) is 2.52. The van der Waals surface area contributed by atoms with Crippen LogP contribution in [0.3, 0.4) is 0 Å². The highest BCUT2D eigenvalue weighted by Crippen LogP contribution is 2.28. The van der Waals surface area contributed by atoms with Crippen LogP contribution in [0.4, 0.5) is 0 Å². The summed E-state index contributed by atoms with van der Waals surface area (Å²) >= 11 is 3.39. The number of aldehydes is 1. The molecular formula is C14H13BrN2O3S. The summed E-state index contributed by atoms with van der Waals surface area (Å²) in [5.74, 6) is 0.269. The summed E-state index contributed by atoms with van der Waals surface area (Å²) in [6.45, 7) is 0. The van der Waals surface area contributed by atoms with Gasteiger partial charge in [0.05, 0.1) is 23.1 Å². The van der Waals surface area contributed by atoms with Gasteiger partial charge in [-0.1, -0.05) is 28.1 Å². The van der Waals surface area contributed by atoms with Crippen molar-refractivity contribution in [1.82, 2.24) is 9.78 Å². The van der Waals surface area contributed by atoms with Gasteiger partial charge in [-0.2, -0.15) is 5.10 Å². The molecule has 0 saturated carbocycles. The van der Waals surface area contributed by atoms with E-state index in [2.05, 4.69) is 21.0 Å². The van der Waals surface area contributed by atoms with Crippen LogP contribution >= 0.6 is 15.9 Å². The number of hydrogen-bond donors (Lipinski definition) is 0. The Labute approximate surface area is 131 Å². The first kappa shape index (κ1) is 14.5. The maximum atomic E-state index is 11.6. The molecule has 0 N–H and O–H groups in total. The van der Waals surface area contributed by atoms with Crippen LogP contribution in [0, 0.1) is 0 Å². The van der Waals surface area contributed by atoms with Gasteiger partial charge in [0.1, 0.15) is 5.69 Å². The summed E-state index contributed by atoms with van der Waals surface area (Å²) in [5, 5.41) is 4.44. The van der Waals surface area contributed by atoms with Gasteiger partial charge in [-0.15, -0.1) is 0 Å². The molecule has 1 aromatic carbocycles. The Bertz CT molecular complexity index is 798. The number of sulfone groups is 1. The van der Waals surface area contributed by atoms with E-state index in [1.54, 1.807) is 10.9 Å². The van der Waals surface area contributed by atoms with Crippen LogP contribution < -0.4 is 0 Å². The second-order valence-electron chi connectivity index (χ2n) is 5.10. The number of nitrogens with zero attached hydrogens (tertiary/aromatic N) is 2. The van der Waals surface area contributed by atoms with Crippen molar-refractivity contribution in [1.29, 1.82) is 0 Å². The Balaban J connectivity index is 2.01. The molecule has 1 atom stereocenters. The van der Waals surface area contributed by atoms with E-state index in [4.69, 9.17) is 0 Å². The quantitative estimate of drug-likeness (QED) is 0.780. The maximum Gasteiger partial charge on any atom is 0.153 e. The van der Waals surface area contributed by atoms with Crippen LogP contribution in [0.2, 0.25) is 0 Å². The molecule has 21 heavy (non-hydrogen) atoms. The van der Waals surface area contributed by atoms with Gasteiger partial charge in [0, 0.05) is 16.2 Å². The Morgan fingerprint density at radius 1 is 1.38 bits per heavy atom. The van der Waals surface area contributed by atoms with E-state index in [-0.39, 0.29) is 17.5 Å². The number of carbonyl (C=O) groups is 1. The predicted octanol–water partition coefficient (Wildman–Crippen LogP) is 2.48. The van der Waals surface area contributed by atoms with Crippen molar-refractivity contribution in [2.24, 2.45) is 0 Å². The summed E-state index contributed by atoms with van der Waals surface area (Å²) in [6.07, 6.45) is 2.93. The molecule has 110 valence electrons. The first-order chi connectivity index (χ1) is 9.98. The van der Waals surface area contributed by atoms with Crippen LogP contribution in [0.25, 0.3) is 11.3 Å². The summed E-state index contributed by atoms with van der Waals surface area (Å²) in [5.41, 5.74) is 1.87. The van der Waals surface area contributed by atoms with Crippen molar-refractivity contribution in [2.75, 3.05) is 11.5 Å². The molecule has 7 heteroatoms. The highest BCUT2D eigenvalue weighted by atomic mass is 79.9. The lowest BCUT2D eigenvalue weighted by Crippen LogP contribution is -2.11. The molecule has 0 bridgehead atoms. The number of carbonyl (C=O) groups excluding carboxylic acids is 1. The van der Waals surface area contributed by atoms with Crippen LogP contribution in [0.15, 0.2) is 34.9 Å². The van der Waals surface area contributed by atoms with Crippen LogP contribution in [0.5, 0.6) is 0 Å². The molecule has 1 aliphatic heterocycles. The van der Waals surface area contributed by atoms with E-state index in [1.807, 2.05) is 24.3 Å². The largest absolute Gasteiger partial charge is 0.298 e. The molecular weight excluding hydrogens is 356 g/mol. The fraction of sp³-hybridized carbons (Fsp3) is 0.286. The zero-order valence-corrected chi connectivity index (χ0v) is 13.5. The SMILES string of the molecule is O=Cc1cn(C2CCS(=O)(=O)C2)nc1-c1cccc(Br)c1. The summed E-state index contributed by atoms with van der Waals surface area (Å²) in [7, 11) is -2.98. The zero-order valence-electron chi connectivity index (χ0n) is 11.1. The summed E-state index contributed by atoms with van der Waals surface area (Å²) in [4.78, 5) is 11.3. The van der Waals surface area contributed by atoms with Gasteiger partial charge in [0.25, 0.3) is 0 Å². The maximum absolute atomic E-state index is 11.6. The number of benzene rings is 1. The van der Waals surface area contributed by atoms with E-state index in [9.17, 15) is 13.2 Å². The smallest absolute Gasteiger partial charge is 0.153 e. The van der Waals surface area contributed by atoms with Crippen LogP contribution in [-0.2, 0) is 9.84 Å². The molecule has 1 aliphatic rings. The van der Waals surface area contributed by atoms with Crippen molar-refractivity contribution in [3.8, 4) is 11.3 Å². The monoisotopic (exact) mass is 368 g/mol. The Morgan fingerprint density at radius 3 is 2.81 bits per heavy atom. The van der Waals surface area contributed by atoms with Gasteiger partial charge in [0.15, 0.2) is 16.1 Å². The second-order valence-corrected chi connectivity index (χ2v) is 8.24. The van der Waals surface area contributed by atoms with Gasteiger partial charge in [-0.3, -0.25) is 9.48 Å². The third-order valence-electron chi connectivity index (χ3n) is 3.57. The number of hydrogen-bond acceptors (Lipinski definition) is 4. The van der Waals surface area contributed by atoms with E-state index in [0.29, 0.717) is 17.7 Å². The number of halogens is 1. The van der Waals surface area contributed by atoms with Gasteiger partial charge in [-0.25, -0.2) is 8.42 Å². The predicted molar refractivity (Wildman–Crippen MR) is 83.1 cm³/mol. The Morgan fingerprint density at radius 2 is 2.19 bits per heavy atom. The van der Waals surface area contributed by atoms with Gasteiger partial charge in [0.2, 0.25) is 0 Å². The van der Waals surface area contributed by atoms with E-state index >= 15 is 0 Å². The molecule has 1 fully saturated rings. The molecule has 0 aliphatic carbocycles. The minimum absolute atomic E-state index is 0.0882. The van der Waals surface area contributed by atoms with Crippen LogP contribution in [0.1, 0.15) is 22.8 Å². The topological polar surface area (TPSA) is 69.0 Å². The van der Waals surface area contributed by atoms with Gasteiger partial charge >= 0.3 is 0 Å².